The van der Waals surface area contributed by atoms with E-state index in [1.165, 1.54) is 24.9 Å². The normalized spacial score (nSPS) is 12.1. The lowest BCUT2D eigenvalue weighted by Gasteiger charge is -2.18. The van der Waals surface area contributed by atoms with Gasteiger partial charge in [-0.2, -0.15) is 11.8 Å². The summed E-state index contributed by atoms with van der Waals surface area (Å²) in [6, 6.07) is 2.44. The van der Waals surface area contributed by atoms with Crippen LogP contribution in [0.3, 0.4) is 0 Å². The van der Waals surface area contributed by atoms with E-state index >= 15 is 0 Å². The lowest BCUT2D eigenvalue weighted by molar-refractivity contribution is 0.478. The van der Waals surface area contributed by atoms with Crippen LogP contribution in [0.4, 0.5) is 4.39 Å². The zero-order chi connectivity index (χ0) is 14.6. The van der Waals surface area contributed by atoms with Gasteiger partial charge in [0.05, 0.1) is 0 Å². The van der Waals surface area contributed by atoms with Crippen molar-refractivity contribution in [2.75, 3.05) is 25.6 Å². The number of nitrogens with two attached hydrogens (primary N) is 1. The van der Waals surface area contributed by atoms with Crippen molar-refractivity contribution in [1.29, 1.82) is 0 Å². The largest absolute Gasteiger partial charge is 0.326 e. The van der Waals surface area contributed by atoms with E-state index in [9.17, 15) is 12.8 Å². The summed E-state index contributed by atoms with van der Waals surface area (Å²) in [6.45, 7) is 0.191. The molecule has 0 radical (unpaired) electrons. The SMILES string of the molecule is CSCCN(C)S(=O)(=O)c1cc(Cl)cc(CN)c1F. The van der Waals surface area contributed by atoms with Crippen molar-refractivity contribution >= 4 is 33.4 Å². The van der Waals surface area contributed by atoms with Gasteiger partial charge in [0.2, 0.25) is 10.0 Å². The van der Waals surface area contributed by atoms with Crippen LogP contribution in [0, 0.1) is 5.82 Å². The molecule has 1 aromatic rings. The number of sulfonamides is 1. The summed E-state index contributed by atoms with van der Waals surface area (Å²) in [5.74, 6) is -0.204. The van der Waals surface area contributed by atoms with Gasteiger partial charge in [-0.1, -0.05) is 11.6 Å². The minimum absolute atomic E-state index is 0.0874. The first-order chi connectivity index (χ1) is 8.84. The average molecular weight is 327 g/mol. The van der Waals surface area contributed by atoms with Crippen LogP contribution >= 0.6 is 23.4 Å². The molecule has 0 spiro atoms. The van der Waals surface area contributed by atoms with E-state index in [0.29, 0.717) is 12.3 Å². The Labute approximate surface area is 122 Å². The van der Waals surface area contributed by atoms with Gasteiger partial charge in [-0.25, -0.2) is 17.1 Å². The Morgan fingerprint density at radius 3 is 2.63 bits per heavy atom. The Morgan fingerprint density at radius 2 is 2.11 bits per heavy atom. The van der Waals surface area contributed by atoms with Crippen LogP contribution in [-0.2, 0) is 16.6 Å². The molecule has 1 rings (SSSR count). The summed E-state index contributed by atoms with van der Waals surface area (Å²) in [7, 11) is -2.48. The fraction of sp³-hybridized carbons (Fsp3) is 0.455. The zero-order valence-electron chi connectivity index (χ0n) is 10.7. The van der Waals surface area contributed by atoms with E-state index in [1.807, 2.05) is 6.26 Å². The van der Waals surface area contributed by atoms with Gasteiger partial charge < -0.3 is 5.73 Å². The van der Waals surface area contributed by atoms with Gasteiger partial charge in [0.25, 0.3) is 0 Å². The number of rotatable bonds is 6. The van der Waals surface area contributed by atoms with E-state index in [-0.39, 0.29) is 17.1 Å². The minimum Gasteiger partial charge on any atom is -0.326 e. The standard InChI is InChI=1S/C11H16ClFN2O2S2/c1-15(3-4-18-2)19(16,17)10-6-9(12)5-8(7-14)11(10)13/h5-6H,3-4,7,14H2,1-2H3. The van der Waals surface area contributed by atoms with Crippen molar-refractivity contribution in [2.24, 2.45) is 5.73 Å². The molecule has 0 fully saturated rings. The number of halogens is 2. The third-order valence-electron chi connectivity index (χ3n) is 2.60. The van der Waals surface area contributed by atoms with Crippen molar-refractivity contribution < 1.29 is 12.8 Å². The molecular formula is C11H16ClFN2O2S2. The van der Waals surface area contributed by atoms with Crippen LogP contribution in [0.1, 0.15) is 5.56 Å². The van der Waals surface area contributed by atoms with Gasteiger partial charge in [-0.15, -0.1) is 0 Å². The maximum atomic E-state index is 14.1. The second-order valence-electron chi connectivity index (χ2n) is 3.90. The molecule has 0 saturated heterocycles. The lowest BCUT2D eigenvalue weighted by atomic mass is 10.2. The first-order valence-corrected chi connectivity index (χ1v) is 8.69. The van der Waals surface area contributed by atoms with Gasteiger partial charge in [-0.05, 0) is 18.4 Å². The van der Waals surface area contributed by atoms with Crippen LogP contribution in [0.2, 0.25) is 5.02 Å². The maximum absolute atomic E-state index is 14.1. The molecule has 108 valence electrons. The Balaban J connectivity index is 3.25. The summed E-state index contributed by atoms with van der Waals surface area (Å²) >= 11 is 7.32. The fourth-order valence-corrected chi connectivity index (χ4v) is 3.64. The molecule has 0 aliphatic heterocycles. The van der Waals surface area contributed by atoms with Crippen molar-refractivity contribution in [3.63, 3.8) is 0 Å². The average Bonchev–Trinajstić information content (AvgIpc) is 2.37. The van der Waals surface area contributed by atoms with E-state index in [0.717, 1.165) is 10.4 Å². The van der Waals surface area contributed by atoms with Gasteiger partial charge in [0, 0.05) is 36.5 Å². The van der Waals surface area contributed by atoms with Crippen LogP contribution < -0.4 is 5.73 Å². The van der Waals surface area contributed by atoms with Crippen LogP contribution in [-0.4, -0.2) is 38.3 Å². The van der Waals surface area contributed by atoms with Gasteiger partial charge in [0.15, 0.2) is 0 Å². The highest BCUT2D eigenvalue weighted by molar-refractivity contribution is 7.98. The Bertz CT molecular complexity index is 552. The first kappa shape index (κ1) is 16.7. The smallest absolute Gasteiger partial charge is 0.245 e. The molecule has 0 aliphatic carbocycles. The third-order valence-corrected chi connectivity index (χ3v) is 5.26. The van der Waals surface area contributed by atoms with Crippen LogP contribution in [0.5, 0.6) is 0 Å². The van der Waals surface area contributed by atoms with Gasteiger partial charge >= 0.3 is 0 Å². The van der Waals surface area contributed by atoms with E-state index in [1.54, 1.807) is 0 Å². The first-order valence-electron chi connectivity index (χ1n) is 5.47. The quantitative estimate of drug-likeness (QED) is 0.867. The fourth-order valence-electron chi connectivity index (χ4n) is 1.46. The lowest BCUT2D eigenvalue weighted by Crippen LogP contribution is -2.30. The molecule has 0 amide bonds. The second-order valence-corrected chi connectivity index (χ2v) is 7.34. The second kappa shape index (κ2) is 6.90. The van der Waals surface area contributed by atoms with Crippen LogP contribution in [0.25, 0.3) is 0 Å². The number of hydrogen-bond acceptors (Lipinski definition) is 4. The van der Waals surface area contributed by atoms with Crippen molar-refractivity contribution in [1.82, 2.24) is 4.31 Å². The topological polar surface area (TPSA) is 63.4 Å². The molecule has 19 heavy (non-hydrogen) atoms. The molecule has 0 atom stereocenters. The minimum atomic E-state index is -3.89. The van der Waals surface area contributed by atoms with Crippen molar-refractivity contribution in [3.05, 3.63) is 28.5 Å². The number of thioether (sulfide) groups is 1. The van der Waals surface area contributed by atoms with Gasteiger partial charge in [-0.3, -0.25) is 0 Å². The zero-order valence-corrected chi connectivity index (χ0v) is 13.1. The molecule has 8 heteroatoms. The highest BCUT2D eigenvalue weighted by Gasteiger charge is 2.26. The van der Waals surface area contributed by atoms with Gasteiger partial charge in [0.1, 0.15) is 10.7 Å². The number of nitrogens with zero attached hydrogens (tertiary/aromatic N) is 1. The summed E-state index contributed by atoms with van der Waals surface area (Å²) in [6.07, 6.45) is 1.87. The molecule has 2 N–H and O–H groups in total. The summed E-state index contributed by atoms with van der Waals surface area (Å²) in [4.78, 5) is -0.427. The van der Waals surface area contributed by atoms with Crippen molar-refractivity contribution in [2.45, 2.75) is 11.4 Å². The van der Waals surface area contributed by atoms with E-state index in [4.69, 9.17) is 17.3 Å². The molecule has 0 unspecified atom stereocenters. The van der Waals surface area contributed by atoms with Crippen molar-refractivity contribution in [3.8, 4) is 0 Å². The predicted molar refractivity (Wildman–Crippen MR) is 77.5 cm³/mol. The molecule has 0 aromatic heterocycles. The highest BCUT2D eigenvalue weighted by Crippen LogP contribution is 2.25. The molecule has 4 nitrogen and oxygen atoms in total. The monoisotopic (exact) mass is 326 g/mol. The summed E-state index contributed by atoms with van der Waals surface area (Å²) < 4.78 is 39.7. The molecule has 1 aromatic carbocycles. The Hall–Kier alpha value is -0.340. The van der Waals surface area contributed by atoms with Crippen LogP contribution in [0.15, 0.2) is 17.0 Å². The molecule has 0 bridgehead atoms. The molecule has 0 heterocycles. The predicted octanol–water partition coefficient (Wildman–Crippen LogP) is 1.92. The molecule has 0 saturated carbocycles. The van der Waals surface area contributed by atoms with E-state index < -0.39 is 20.7 Å². The highest BCUT2D eigenvalue weighted by atomic mass is 35.5. The molecule has 0 aliphatic rings. The maximum Gasteiger partial charge on any atom is 0.245 e. The van der Waals surface area contributed by atoms with E-state index in [2.05, 4.69) is 0 Å². The number of benzene rings is 1. The summed E-state index contributed by atoms with van der Waals surface area (Å²) in [5, 5.41) is 0.152. The molecular weight excluding hydrogens is 311 g/mol. The Morgan fingerprint density at radius 1 is 1.47 bits per heavy atom. The summed E-state index contributed by atoms with van der Waals surface area (Å²) in [5.41, 5.74) is 5.46. The number of hydrogen-bond donors (Lipinski definition) is 1. The third kappa shape index (κ3) is 3.82. The Kier molecular flexibility index (Phi) is 6.07.